The van der Waals surface area contributed by atoms with Crippen LogP contribution in [0.25, 0.3) is 22.3 Å². The van der Waals surface area contributed by atoms with Crippen LogP contribution in [0, 0.1) is 0 Å². The molecule has 3 N–H and O–H groups in total. The zero-order valence-corrected chi connectivity index (χ0v) is 19.2. The summed E-state index contributed by atoms with van der Waals surface area (Å²) in [5, 5.41) is 9.66. The normalized spacial score (nSPS) is 17.7. The van der Waals surface area contributed by atoms with E-state index >= 15 is 0 Å². The SMILES string of the molecule is CC(O)C(=O)N1CCC(N2C(=O)N(C)Cc3cnc4ccc(-c5ccc(N)nc5)nc4c32)CC1. The number of piperidine rings is 1. The molecule has 0 aliphatic carbocycles. The van der Waals surface area contributed by atoms with Crippen molar-refractivity contribution in [2.24, 2.45) is 0 Å². The number of urea groups is 1. The van der Waals surface area contributed by atoms with Gasteiger partial charge in [-0.15, -0.1) is 0 Å². The number of carbonyl (C=O) groups is 2. The van der Waals surface area contributed by atoms with Gasteiger partial charge in [0.2, 0.25) is 0 Å². The highest BCUT2D eigenvalue weighted by Gasteiger charge is 2.38. The van der Waals surface area contributed by atoms with E-state index in [0.29, 0.717) is 49.3 Å². The Labute approximate surface area is 197 Å². The Hall–Kier alpha value is -3.79. The van der Waals surface area contributed by atoms with Crippen LogP contribution in [0.3, 0.4) is 0 Å². The molecule has 1 saturated heterocycles. The number of aliphatic hydroxyl groups excluding tert-OH is 1. The maximum absolute atomic E-state index is 13.4. The van der Waals surface area contributed by atoms with Gasteiger partial charge in [0.25, 0.3) is 5.91 Å². The second kappa shape index (κ2) is 8.53. The van der Waals surface area contributed by atoms with Crippen LogP contribution in [0.5, 0.6) is 0 Å². The fourth-order valence-corrected chi connectivity index (χ4v) is 4.74. The molecule has 10 nitrogen and oxygen atoms in total. The van der Waals surface area contributed by atoms with E-state index in [0.717, 1.165) is 22.5 Å². The number of rotatable bonds is 3. The first-order valence-corrected chi connectivity index (χ1v) is 11.3. The van der Waals surface area contributed by atoms with Gasteiger partial charge in [-0.1, -0.05) is 0 Å². The minimum absolute atomic E-state index is 0.0957. The van der Waals surface area contributed by atoms with Crippen molar-refractivity contribution in [3.8, 4) is 11.3 Å². The van der Waals surface area contributed by atoms with Gasteiger partial charge in [-0.25, -0.2) is 14.8 Å². The summed E-state index contributed by atoms with van der Waals surface area (Å²) in [6, 6.07) is 7.19. The number of nitrogen functional groups attached to an aromatic ring is 1. The van der Waals surface area contributed by atoms with Crippen molar-refractivity contribution in [2.45, 2.75) is 38.5 Å². The second-order valence-electron chi connectivity index (χ2n) is 8.91. The number of nitrogens with zero attached hydrogens (tertiary/aromatic N) is 6. The number of fused-ring (bicyclic) bond motifs is 3. The van der Waals surface area contributed by atoms with Crippen LogP contribution in [0.1, 0.15) is 25.3 Å². The van der Waals surface area contributed by atoms with Crippen molar-refractivity contribution in [1.29, 1.82) is 0 Å². The molecule has 5 heterocycles. The lowest BCUT2D eigenvalue weighted by Gasteiger charge is -2.43. The number of aromatic nitrogens is 3. The molecule has 3 aromatic heterocycles. The lowest BCUT2D eigenvalue weighted by atomic mass is 9.99. The van der Waals surface area contributed by atoms with Crippen LogP contribution in [0.4, 0.5) is 16.3 Å². The van der Waals surface area contributed by atoms with Gasteiger partial charge in [-0.3, -0.25) is 14.7 Å². The Morgan fingerprint density at radius 3 is 2.59 bits per heavy atom. The molecule has 1 atom stereocenters. The van der Waals surface area contributed by atoms with Crippen LogP contribution in [0.15, 0.2) is 36.7 Å². The van der Waals surface area contributed by atoms with E-state index in [4.69, 9.17) is 10.7 Å². The molecular weight excluding hydrogens is 434 g/mol. The molecule has 5 rings (SSSR count). The van der Waals surface area contributed by atoms with E-state index in [1.807, 2.05) is 29.3 Å². The van der Waals surface area contributed by atoms with Gasteiger partial charge in [0.05, 0.1) is 23.4 Å². The summed E-state index contributed by atoms with van der Waals surface area (Å²) in [5.41, 5.74) is 10.3. The van der Waals surface area contributed by atoms with E-state index in [-0.39, 0.29) is 18.0 Å². The minimum atomic E-state index is -1.03. The van der Waals surface area contributed by atoms with Gasteiger partial charge < -0.3 is 20.6 Å². The Bertz CT molecular complexity index is 1250. The molecule has 0 bridgehead atoms. The molecule has 0 spiro atoms. The Kier molecular flexibility index (Phi) is 5.52. The summed E-state index contributed by atoms with van der Waals surface area (Å²) in [7, 11) is 1.78. The molecule has 3 amide bonds. The monoisotopic (exact) mass is 461 g/mol. The standard InChI is InChI=1S/C24H27N7O3/c1-14(32)23(33)30-9-7-17(8-10-30)31-22-16(13-29(2)24(31)34)12-26-19-5-4-18(28-21(19)22)15-3-6-20(25)27-11-15/h3-6,11-12,14,17,32H,7-10,13H2,1-2H3,(H2,25,27). The highest BCUT2D eigenvalue weighted by atomic mass is 16.3. The number of likely N-dealkylation sites (tertiary alicyclic amines) is 1. The van der Waals surface area contributed by atoms with Crippen LogP contribution >= 0.6 is 0 Å². The average Bonchev–Trinajstić information content (AvgIpc) is 2.84. The maximum Gasteiger partial charge on any atom is 0.324 e. The van der Waals surface area contributed by atoms with Crippen molar-refractivity contribution in [1.82, 2.24) is 24.8 Å². The van der Waals surface area contributed by atoms with Crippen LogP contribution in [0.2, 0.25) is 0 Å². The zero-order chi connectivity index (χ0) is 24.0. The van der Waals surface area contributed by atoms with Gasteiger partial charge in [0.1, 0.15) is 17.4 Å². The summed E-state index contributed by atoms with van der Waals surface area (Å²) in [6.45, 7) is 2.89. The van der Waals surface area contributed by atoms with Crippen molar-refractivity contribution in [2.75, 3.05) is 30.8 Å². The lowest BCUT2D eigenvalue weighted by molar-refractivity contribution is -0.140. The Morgan fingerprint density at radius 1 is 1.15 bits per heavy atom. The molecule has 3 aromatic rings. The molecular formula is C24H27N7O3. The van der Waals surface area contributed by atoms with Crippen molar-refractivity contribution in [3.63, 3.8) is 0 Å². The molecule has 10 heteroatoms. The summed E-state index contributed by atoms with van der Waals surface area (Å²) in [5.74, 6) is 0.155. The summed E-state index contributed by atoms with van der Waals surface area (Å²) in [4.78, 5) is 44.5. The van der Waals surface area contributed by atoms with Gasteiger partial charge >= 0.3 is 6.03 Å². The highest BCUT2D eigenvalue weighted by Crippen LogP contribution is 2.37. The molecule has 34 heavy (non-hydrogen) atoms. The molecule has 2 aliphatic rings. The number of hydrogen-bond donors (Lipinski definition) is 2. The largest absolute Gasteiger partial charge is 0.384 e. The number of carbonyl (C=O) groups excluding carboxylic acids is 2. The third-order valence-electron chi connectivity index (χ3n) is 6.52. The third-order valence-corrected chi connectivity index (χ3v) is 6.52. The third kappa shape index (κ3) is 3.79. The van der Waals surface area contributed by atoms with Gasteiger partial charge in [-0.2, -0.15) is 0 Å². The molecule has 176 valence electrons. The highest BCUT2D eigenvalue weighted by molar-refractivity contribution is 6.04. The van der Waals surface area contributed by atoms with E-state index in [1.165, 1.54) is 6.92 Å². The number of aliphatic hydroxyl groups is 1. The predicted octanol–water partition coefficient (Wildman–Crippen LogP) is 2.02. The molecule has 0 saturated carbocycles. The molecule has 0 radical (unpaired) electrons. The van der Waals surface area contributed by atoms with Crippen molar-refractivity contribution < 1.29 is 14.7 Å². The summed E-state index contributed by atoms with van der Waals surface area (Å²) in [6.07, 6.45) is 3.69. The smallest absolute Gasteiger partial charge is 0.324 e. The maximum atomic E-state index is 13.4. The number of pyridine rings is 3. The summed E-state index contributed by atoms with van der Waals surface area (Å²) >= 11 is 0. The first-order valence-electron chi connectivity index (χ1n) is 11.3. The van der Waals surface area contributed by atoms with E-state index in [2.05, 4.69) is 9.97 Å². The van der Waals surface area contributed by atoms with Crippen LogP contribution in [-0.4, -0.2) is 74.1 Å². The molecule has 0 aromatic carbocycles. The fraction of sp³-hybridized carbons (Fsp3) is 0.375. The number of hydrogen-bond acceptors (Lipinski definition) is 7. The average molecular weight is 462 g/mol. The van der Waals surface area contributed by atoms with E-state index < -0.39 is 6.10 Å². The van der Waals surface area contributed by atoms with Crippen LogP contribution < -0.4 is 10.6 Å². The van der Waals surface area contributed by atoms with Gasteiger partial charge in [-0.05, 0) is 44.0 Å². The first-order chi connectivity index (χ1) is 16.3. The Balaban J connectivity index is 1.56. The van der Waals surface area contributed by atoms with Crippen LogP contribution in [-0.2, 0) is 11.3 Å². The Morgan fingerprint density at radius 2 is 1.91 bits per heavy atom. The fourth-order valence-electron chi connectivity index (χ4n) is 4.74. The number of anilines is 2. The minimum Gasteiger partial charge on any atom is -0.384 e. The summed E-state index contributed by atoms with van der Waals surface area (Å²) < 4.78 is 0. The molecule has 1 unspecified atom stereocenters. The van der Waals surface area contributed by atoms with Gasteiger partial charge in [0.15, 0.2) is 0 Å². The molecule has 2 aliphatic heterocycles. The van der Waals surface area contributed by atoms with Crippen molar-refractivity contribution in [3.05, 3.63) is 42.2 Å². The predicted molar refractivity (Wildman–Crippen MR) is 128 cm³/mol. The van der Waals surface area contributed by atoms with E-state index in [9.17, 15) is 14.7 Å². The first kappa shape index (κ1) is 22.0. The number of nitrogens with two attached hydrogens (primary N) is 1. The van der Waals surface area contributed by atoms with E-state index in [1.54, 1.807) is 29.1 Å². The number of amides is 3. The lowest BCUT2D eigenvalue weighted by Crippen LogP contribution is -2.55. The second-order valence-corrected chi connectivity index (χ2v) is 8.91. The van der Waals surface area contributed by atoms with Gasteiger partial charge in [0, 0.05) is 49.7 Å². The molecule has 1 fully saturated rings. The quantitative estimate of drug-likeness (QED) is 0.610. The zero-order valence-electron chi connectivity index (χ0n) is 19.2. The van der Waals surface area contributed by atoms with Crippen molar-refractivity contribution >= 4 is 34.5 Å². The topological polar surface area (TPSA) is 129 Å².